The largest absolute Gasteiger partial charge is 0.507 e. The molecule has 0 unspecified atom stereocenters. The fraction of sp³-hybridized carbons (Fsp3) is 0.286. The van der Waals surface area contributed by atoms with Gasteiger partial charge in [-0.2, -0.15) is 79.0 Å². The standard InChI is InChI=1S/C28H12F18O2/c29-21(30,23(33,34)25(37,38)27(41,42)43)15-9-17(47)19(13-7-3-1-5-11(13)15)20-14-8-4-2-6-12(14)16(10-18(20)48)22(31,32)24(35,36)26(39,40)28(44,45)46/h1-10,47-48H. The van der Waals surface area contributed by atoms with Crippen LogP contribution >= 0.6 is 0 Å². The summed E-state index contributed by atoms with van der Waals surface area (Å²) in [7, 11) is 0. The molecule has 262 valence electrons. The molecule has 4 rings (SSSR count). The zero-order valence-corrected chi connectivity index (χ0v) is 22.5. The minimum Gasteiger partial charge on any atom is -0.507 e. The maximum Gasteiger partial charge on any atom is 0.460 e. The highest BCUT2D eigenvalue weighted by Crippen LogP contribution is 2.61. The summed E-state index contributed by atoms with van der Waals surface area (Å²) in [4.78, 5) is 0. The van der Waals surface area contributed by atoms with Gasteiger partial charge in [0, 0.05) is 22.3 Å². The molecule has 0 amide bonds. The lowest BCUT2D eigenvalue weighted by molar-refractivity contribution is -0.399. The number of hydrogen-bond acceptors (Lipinski definition) is 2. The van der Waals surface area contributed by atoms with Crippen LogP contribution in [-0.4, -0.2) is 46.3 Å². The first-order valence-corrected chi connectivity index (χ1v) is 12.4. The van der Waals surface area contributed by atoms with Gasteiger partial charge < -0.3 is 10.2 Å². The number of hydrogen-bond donors (Lipinski definition) is 2. The first-order valence-electron chi connectivity index (χ1n) is 12.4. The van der Waals surface area contributed by atoms with Gasteiger partial charge in [-0.15, -0.1) is 0 Å². The van der Waals surface area contributed by atoms with E-state index in [-0.39, 0.29) is 0 Å². The van der Waals surface area contributed by atoms with E-state index in [1.165, 1.54) is 0 Å². The van der Waals surface area contributed by atoms with Crippen molar-refractivity contribution in [2.75, 3.05) is 0 Å². The van der Waals surface area contributed by atoms with Crippen molar-refractivity contribution in [3.05, 3.63) is 71.8 Å². The summed E-state index contributed by atoms with van der Waals surface area (Å²) < 4.78 is 248. The molecule has 0 fully saturated rings. The highest BCUT2D eigenvalue weighted by atomic mass is 19.4. The van der Waals surface area contributed by atoms with Crippen molar-refractivity contribution >= 4 is 21.5 Å². The summed E-state index contributed by atoms with van der Waals surface area (Å²) >= 11 is 0. The van der Waals surface area contributed by atoms with Crippen LogP contribution in [0.25, 0.3) is 32.7 Å². The molecule has 0 spiro atoms. The molecule has 0 heterocycles. The van der Waals surface area contributed by atoms with Crippen molar-refractivity contribution in [1.82, 2.24) is 0 Å². The fourth-order valence-corrected chi connectivity index (χ4v) is 4.85. The van der Waals surface area contributed by atoms with Crippen molar-refractivity contribution in [2.24, 2.45) is 0 Å². The second kappa shape index (κ2) is 10.6. The Morgan fingerprint density at radius 2 is 0.604 bits per heavy atom. The average molecular weight is 722 g/mol. The summed E-state index contributed by atoms with van der Waals surface area (Å²) in [6.07, 6.45) is -14.5. The first kappa shape index (κ1) is 36.6. The van der Waals surface area contributed by atoms with Crippen LogP contribution in [0, 0.1) is 0 Å². The van der Waals surface area contributed by atoms with Gasteiger partial charge in [-0.25, -0.2) is 0 Å². The molecule has 2 N–H and O–H groups in total. The van der Waals surface area contributed by atoms with E-state index in [0.29, 0.717) is 24.3 Å². The molecule has 0 atom stereocenters. The lowest BCUT2D eigenvalue weighted by atomic mass is 9.84. The molecule has 0 aliphatic rings. The smallest absolute Gasteiger partial charge is 0.460 e. The van der Waals surface area contributed by atoms with Crippen LogP contribution in [0.3, 0.4) is 0 Å². The Balaban J connectivity index is 2.08. The second-order valence-electron chi connectivity index (χ2n) is 10.2. The zero-order chi connectivity index (χ0) is 36.8. The zero-order valence-electron chi connectivity index (χ0n) is 22.5. The number of phenolic OH excluding ortho intramolecular Hbond substituents is 2. The van der Waals surface area contributed by atoms with Gasteiger partial charge in [0.2, 0.25) is 0 Å². The van der Waals surface area contributed by atoms with E-state index < -0.39 is 115 Å². The Bertz CT molecular complexity index is 1750. The van der Waals surface area contributed by atoms with E-state index in [0.717, 1.165) is 24.3 Å². The molecule has 0 radical (unpaired) electrons. The highest BCUT2D eigenvalue weighted by Gasteiger charge is 2.83. The Labute approximate surface area is 253 Å². The van der Waals surface area contributed by atoms with Gasteiger partial charge >= 0.3 is 47.9 Å². The van der Waals surface area contributed by atoms with E-state index in [4.69, 9.17) is 0 Å². The molecular formula is C28H12F18O2. The second-order valence-corrected chi connectivity index (χ2v) is 10.2. The predicted octanol–water partition coefficient (Wildman–Crippen LogP) is 10.9. The quantitative estimate of drug-likeness (QED) is 0.187. The average Bonchev–Trinajstić information content (AvgIpc) is 2.95. The van der Waals surface area contributed by atoms with E-state index in [9.17, 15) is 71.7 Å². The summed E-state index contributed by atoms with van der Waals surface area (Å²) in [5, 5.41) is 16.7. The van der Waals surface area contributed by atoms with Gasteiger partial charge in [0.05, 0.1) is 0 Å². The molecule has 20 heteroatoms. The van der Waals surface area contributed by atoms with E-state index in [2.05, 4.69) is 0 Å². The number of benzene rings is 4. The predicted molar refractivity (Wildman–Crippen MR) is 130 cm³/mol. The topological polar surface area (TPSA) is 40.5 Å². The van der Waals surface area contributed by atoms with Crippen molar-refractivity contribution in [3.8, 4) is 22.6 Å². The van der Waals surface area contributed by atoms with E-state index >= 15 is 17.6 Å². The van der Waals surface area contributed by atoms with Crippen molar-refractivity contribution in [2.45, 2.75) is 47.9 Å². The Morgan fingerprint density at radius 3 is 0.854 bits per heavy atom. The maximum atomic E-state index is 15.0. The third-order valence-corrected chi connectivity index (χ3v) is 7.26. The van der Waals surface area contributed by atoms with Crippen LogP contribution in [0.15, 0.2) is 60.7 Å². The van der Waals surface area contributed by atoms with Crippen LogP contribution in [0.1, 0.15) is 11.1 Å². The third-order valence-electron chi connectivity index (χ3n) is 7.26. The number of rotatable bonds is 7. The van der Waals surface area contributed by atoms with Crippen molar-refractivity contribution < 1.29 is 89.2 Å². The van der Waals surface area contributed by atoms with Gasteiger partial charge in [-0.1, -0.05) is 48.5 Å². The molecule has 4 aromatic carbocycles. The Kier molecular flexibility index (Phi) is 8.09. The summed E-state index contributed by atoms with van der Waals surface area (Å²) in [6, 6.07) is 4.50. The summed E-state index contributed by atoms with van der Waals surface area (Å²) in [5.74, 6) is -45.6. The van der Waals surface area contributed by atoms with Gasteiger partial charge in [0.25, 0.3) is 0 Å². The first-order chi connectivity index (χ1) is 21.5. The van der Waals surface area contributed by atoms with Gasteiger partial charge in [-0.3, -0.25) is 0 Å². The number of aromatic hydroxyl groups is 2. The number of halogens is 18. The number of phenols is 2. The normalized spacial score (nSPS) is 14.6. The molecule has 0 saturated carbocycles. The number of alkyl halides is 18. The van der Waals surface area contributed by atoms with Crippen molar-refractivity contribution in [3.63, 3.8) is 0 Å². The SMILES string of the molecule is Oc1cc(C(F)(F)C(F)(F)C(F)(F)C(F)(F)F)c2ccccc2c1-c1c(O)cc(C(F)(F)C(F)(F)C(F)(F)C(F)(F)F)c2ccccc12. The van der Waals surface area contributed by atoms with Crippen LogP contribution in [-0.2, 0) is 11.8 Å². The summed E-state index contributed by atoms with van der Waals surface area (Å²) in [5.41, 5.74) is -6.83. The fourth-order valence-electron chi connectivity index (χ4n) is 4.85. The minimum absolute atomic E-state index is 0.435. The molecule has 0 aliphatic heterocycles. The minimum atomic E-state index is -7.38. The van der Waals surface area contributed by atoms with Crippen molar-refractivity contribution in [1.29, 1.82) is 0 Å². The highest BCUT2D eigenvalue weighted by molar-refractivity contribution is 6.11. The molecule has 2 nitrogen and oxygen atoms in total. The lowest BCUT2D eigenvalue weighted by Crippen LogP contribution is -2.59. The van der Waals surface area contributed by atoms with E-state index in [1.807, 2.05) is 0 Å². The molecule has 48 heavy (non-hydrogen) atoms. The number of fused-ring (bicyclic) bond motifs is 2. The van der Waals surface area contributed by atoms with Crippen LogP contribution in [0.4, 0.5) is 79.0 Å². The monoisotopic (exact) mass is 722 g/mol. The van der Waals surface area contributed by atoms with Crippen LogP contribution in [0.5, 0.6) is 11.5 Å². The molecule has 0 saturated heterocycles. The Morgan fingerprint density at radius 1 is 0.354 bits per heavy atom. The van der Waals surface area contributed by atoms with Gasteiger partial charge in [-0.05, 0) is 33.7 Å². The molecular weight excluding hydrogens is 710 g/mol. The molecule has 4 aromatic rings. The van der Waals surface area contributed by atoms with Crippen LogP contribution in [0.2, 0.25) is 0 Å². The lowest BCUT2D eigenvalue weighted by Gasteiger charge is -2.35. The molecule has 0 aliphatic carbocycles. The third kappa shape index (κ3) is 4.83. The van der Waals surface area contributed by atoms with Gasteiger partial charge in [0.15, 0.2) is 0 Å². The summed E-state index contributed by atoms with van der Waals surface area (Å²) in [6.45, 7) is 0. The molecule has 0 aromatic heterocycles. The maximum absolute atomic E-state index is 15.0. The Hall–Kier alpha value is -4.26. The van der Waals surface area contributed by atoms with Gasteiger partial charge in [0.1, 0.15) is 11.5 Å². The van der Waals surface area contributed by atoms with Crippen LogP contribution < -0.4 is 0 Å². The molecule has 0 bridgehead atoms. The van der Waals surface area contributed by atoms with E-state index in [1.54, 1.807) is 0 Å².